The summed E-state index contributed by atoms with van der Waals surface area (Å²) in [5.41, 5.74) is 1.54. The highest BCUT2D eigenvalue weighted by molar-refractivity contribution is 5.95. The van der Waals surface area contributed by atoms with Crippen molar-refractivity contribution in [2.24, 2.45) is 0 Å². The maximum absolute atomic E-state index is 14.3. The molecule has 0 bridgehead atoms. The standard InChI is InChI=1S/C19H19F2N3O4/c20-13-4-2-6-15(17(13)21)24-14-5-1-3-12(14)18(22-24)19(27)23-7-8-28-10-11(23)9-16(25)26/h2,4,6,11H,1,3,5,7-10H2,(H,25,26). The SMILES string of the molecule is O=C(O)CC1COCCN1C(=O)c1nn(-c2cccc(F)c2F)c2c1CCC2. The number of halogens is 2. The van der Waals surface area contributed by atoms with Gasteiger partial charge >= 0.3 is 5.97 Å². The Labute approximate surface area is 159 Å². The van der Waals surface area contributed by atoms with Crippen LogP contribution in [0.3, 0.4) is 0 Å². The maximum Gasteiger partial charge on any atom is 0.305 e. The fraction of sp³-hybridized carbons (Fsp3) is 0.421. The van der Waals surface area contributed by atoms with Crippen LogP contribution in [0, 0.1) is 11.6 Å². The molecule has 0 spiro atoms. The van der Waals surface area contributed by atoms with E-state index in [4.69, 9.17) is 9.84 Å². The van der Waals surface area contributed by atoms with Crippen molar-refractivity contribution in [3.8, 4) is 5.69 Å². The number of hydrogen-bond donors (Lipinski definition) is 1. The summed E-state index contributed by atoms with van der Waals surface area (Å²) in [6.07, 6.45) is 1.77. The van der Waals surface area contributed by atoms with Gasteiger partial charge in [-0.15, -0.1) is 0 Å². The molecule has 1 N–H and O–H groups in total. The van der Waals surface area contributed by atoms with Crippen LogP contribution in [-0.2, 0) is 22.4 Å². The van der Waals surface area contributed by atoms with Gasteiger partial charge < -0.3 is 14.7 Å². The van der Waals surface area contributed by atoms with Crippen LogP contribution in [0.25, 0.3) is 5.69 Å². The van der Waals surface area contributed by atoms with E-state index in [1.165, 1.54) is 21.7 Å². The monoisotopic (exact) mass is 391 g/mol. The van der Waals surface area contributed by atoms with Crippen LogP contribution in [0.2, 0.25) is 0 Å². The van der Waals surface area contributed by atoms with Crippen LogP contribution < -0.4 is 0 Å². The Morgan fingerprint density at radius 1 is 1.29 bits per heavy atom. The van der Waals surface area contributed by atoms with E-state index >= 15 is 0 Å². The predicted octanol–water partition coefficient (Wildman–Crippen LogP) is 1.95. The molecule has 1 aliphatic carbocycles. The number of carbonyl (C=O) groups is 2. The lowest BCUT2D eigenvalue weighted by molar-refractivity contribution is -0.139. The van der Waals surface area contributed by atoms with E-state index in [1.807, 2.05) is 0 Å². The number of carboxylic acid groups (broad SMARTS) is 1. The zero-order valence-electron chi connectivity index (χ0n) is 15.0. The minimum Gasteiger partial charge on any atom is -0.481 e. The fourth-order valence-corrected chi connectivity index (χ4v) is 3.89. The third-order valence-corrected chi connectivity index (χ3v) is 5.19. The van der Waals surface area contributed by atoms with E-state index in [1.54, 1.807) is 0 Å². The van der Waals surface area contributed by atoms with E-state index in [0.29, 0.717) is 30.7 Å². The molecule has 7 nitrogen and oxygen atoms in total. The summed E-state index contributed by atoms with van der Waals surface area (Å²) >= 11 is 0. The second-order valence-corrected chi connectivity index (χ2v) is 6.94. The smallest absolute Gasteiger partial charge is 0.305 e. The number of nitrogens with zero attached hydrogens (tertiary/aromatic N) is 3. The number of benzene rings is 1. The Hall–Kier alpha value is -2.81. The number of carboxylic acids is 1. The van der Waals surface area contributed by atoms with Gasteiger partial charge in [0.1, 0.15) is 5.69 Å². The molecule has 1 fully saturated rings. The summed E-state index contributed by atoms with van der Waals surface area (Å²) in [4.78, 5) is 25.8. The number of hydrogen-bond acceptors (Lipinski definition) is 4. The highest BCUT2D eigenvalue weighted by Crippen LogP contribution is 2.30. The topological polar surface area (TPSA) is 84.7 Å². The summed E-state index contributed by atoms with van der Waals surface area (Å²) in [5, 5.41) is 13.4. The number of aliphatic carboxylic acids is 1. The number of fused-ring (bicyclic) bond motifs is 1. The first-order valence-corrected chi connectivity index (χ1v) is 9.13. The van der Waals surface area contributed by atoms with E-state index in [0.717, 1.165) is 12.5 Å². The molecule has 1 unspecified atom stereocenters. The molecule has 1 aromatic carbocycles. The number of ether oxygens (including phenoxy) is 1. The molecule has 1 saturated heterocycles. The van der Waals surface area contributed by atoms with Crippen molar-refractivity contribution >= 4 is 11.9 Å². The maximum atomic E-state index is 14.3. The first-order chi connectivity index (χ1) is 13.5. The molecule has 1 aromatic heterocycles. The Kier molecular flexibility index (Phi) is 4.84. The predicted molar refractivity (Wildman–Crippen MR) is 93.4 cm³/mol. The van der Waals surface area contributed by atoms with Gasteiger partial charge in [-0.25, -0.2) is 13.5 Å². The number of carbonyl (C=O) groups excluding carboxylic acids is 1. The van der Waals surface area contributed by atoms with Crippen LogP contribution in [0.1, 0.15) is 34.6 Å². The molecule has 0 radical (unpaired) electrons. The lowest BCUT2D eigenvalue weighted by atomic mass is 10.1. The first-order valence-electron chi connectivity index (χ1n) is 9.13. The lowest BCUT2D eigenvalue weighted by Crippen LogP contribution is -2.49. The van der Waals surface area contributed by atoms with E-state index in [2.05, 4.69) is 5.10 Å². The van der Waals surface area contributed by atoms with Gasteiger partial charge in [-0.1, -0.05) is 6.07 Å². The molecule has 28 heavy (non-hydrogen) atoms. The van der Waals surface area contributed by atoms with Gasteiger partial charge in [0, 0.05) is 17.8 Å². The van der Waals surface area contributed by atoms with Crippen molar-refractivity contribution in [1.29, 1.82) is 0 Å². The summed E-state index contributed by atoms with van der Waals surface area (Å²) in [7, 11) is 0. The van der Waals surface area contributed by atoms with Crippen LogP contribution in [0.5, 0.6) is 0 Å². The van der Waals surface area contributed by atoms with E-state index in [-0.39, 0.29) is 31.0 Å². The van der Waals surface area contributed by atoms with Crippen molar-refractivity contribution < 1.29 is 28.2 Å². The average molecular weight is 391 g/mol. The highest BCUT2D eigenvalue weighted by Gasteiger charge is 2.35. The zero-order chi connectivity index (χ0) is 19.8. The summed E-state index contributed by atoms with van der Waals surface area (Å²) in [6.45, 7) is 0.704. The number of morpholine rings is 1. The second-order valence-electron chi connectivity index (χ2n) is 6.94. The summed E-state index contributed by atoms with van der Waals surface area (Å²) < 4.78 is 34.6. The molecular formula is C19H19F2N3O4. The van der Waals surface area contributed by atoms with Crippen LogP contribution >= 0.6 is 0 Å². The average Bonchev–Trinajstić information content (AvgIpc) is 3.26. The molecule has 1 atom stereocenters. The Balaban J connectivity index is 1.73. The normalized spacial score (nSPS) is 18.9. The highest BCUT2D eigenvalue weighted by atomic mass is 19.2. The molecule has 9 heteroatoms. The van der Waals surface area contributed by atoms with Gasteiger partial charge in [0.25, 0.3) is 5.91 Å². The fourth-order valence-electron chi connectivity index (χ4n) is 3.89. The summed E-state index contributed by atoms with van der Waals surface area (Å²) in [6, 6.07) is 3.24. The molecule has 2 aliphatic rings. The van der Waals surface area contributed by atoms with Gasteiger partial charge in [0.05, 0.1) is 25.7 Å². The first kappa shape index (κ1) is 18.5. The minimum atomic E-state index is -1.02. The van der Waals surface area contributed by atoms with Crippen LogP contribution in [0.4, 0.5) is 8.78 Å². The number of rotatable bonds is 4. The molecule has 0 saturated carbocycles. The number of aromatic nitrogens is 2. The Morgan fingerprint density at radius 3 is 2.89 bits per heavy atom. The van der Waals surface area contributed by atoms with Crippen molar-refractivity contribution in [2.45, 2.75) is 31.7 Å². The molecule has 1 aliphatic heterocycles. The molecular weight excluding hydrogens is 372 g/mol. The van der Waals surface area contributed by atoms with Crippen LogP contribution in [0.15, 0.2) is 18.2 Å². The molecule has 1 amide bonds. The van der Waals surface area contributed by atoms with Gasteiger partial charge in [-0.05, 0) is 31.4 Å². The van der Waals surface area contributed by atoms with Gasteiger partial charge in [0.2, 0.25) is 0 Å². The molecule has 148 valence electrons. The lowest BCUT2D eigenvalue weighted by Gasteiger charge is -2.34. The van der Waals surface area contributed by atoms with Gasteiger partial charge in [-0.3, -0.25) is 9.59 Å². The third kappa shape index (κ3) is 3.15. The molecule has 2 heterocycles. The van der Waals surface area contributed by atoms with Crippen molar-refractivity contribution in [1.82, 2.24) is 14.7 Å². The van der Waals surface area contributed by atoms with E-state index < -0.39 is 29.6 Å². The number of amides is 1. The minimum absolute atomic E-state index is 0.0405. The third-order valence-electron chi connectivity index (χ3n) is 5.19. The van der Waals surface area contributed by atoms with Gasteiger partial charge in [0.15, 0.2) is 17.3 Å². The zero-order valence-corrected chi connectivity index (χ0v) is 15.0. The van der Waals surface area contributed by atoms with Crippen molar-refractivity contribution in [3.05, 3.63) is 46.8 Å². The molecule has 2 aromatic rings. The Morgan fingerprint density at radius 2 is 2.11 bits per heavy atom. The quantitative estimate of drug-likeness (QED) is 0.861. The van der Waals surface area contributed by atoms with Crippen molar-refractivity contribution in [3.63, 3.8) is 0 Å². The van der Waals surface area contributed by atoms with E-state index in [9.17, 15) is 18.4 Å². The Bertz CT molecular complexity index is 944. The van der Waals surface area contributed by atoms with Crippen LogP contribution in [-0.4, -0.2) is 57.5 Å². The van der Waals surface area contributed by atoms with Crippen molar-refractivity contribution in [2.75, 3.05) is 19.8 Å². The second kappa shape index (κ2) is 7.31. The molecule has 4 rings (SSSR count). The summed E-state index contributed by atoms with van der Waals surface area (Å²) in [5.74, 6) is -3.43. The van der Waals surface area contributed by atoms with Gasteiger partial charge in [-0.2, -0.15) is 5.10 Å². The largest absolute Gasteiger partial charge is 0.481 e.